The molecule has 11 heteroatoms. The van der Waals surface area contributed by atoms with Crippen molar-refractivity contribution in [2.45, 2.75) is 12.4 Å². The number of nitrogens with zero attached hydrogens (tertiary/aromatic N) is 2. The van der Waals surface area contributed by atoms with Gasteiger partial charge in [0.15, 0.2) is 10.7 Å². The summed E-state index contributed by atoms with van der Waals surface area (Å²) in [6.07, 6.45) is -9.79. The molecule has 0 atom stereocenters. The van der Waals surface area contributed by atoms with Crippen molar-refractivity contribution >= 4 is 32.2 Å². The molecule has 0 saturated heterocycles. The third-order valence-electron chi connectivity index (χ3n) is 2.07. The Morgan fingerprint density at radius 1 is 1.16 bits per heavy atom. The molecule has 0 aromatic carbocycles. The van der Waals surface area contributed by atoms with Crippen LogP contribution in [-0.2, 0) is 12.4 Å². The number of fused-ring (bicyclic) bond motifs is 1. The van der Waals surface area contributed by atoms with Gasteiger partial charge in [-0.1, -0.05) is 0 Å². The number of rotatable bonds is 0. The average molecular weight is 367 g/mol. The normalized spacial score (nSPS) is 13.2. The minimum absolute atomic E-state index is 0.101. The van der Waals surface area contributed by atoms with Crippen molar-refractivity contribution < 1.29 is 26.3 Å². The molecule has 3 nitrogen and oxygen atoms in total. The van der Waals surface area contributed by atoms with Gasteiger partial charge in [-0.3, -0.25) is 4.79 Å². The summed E-state index contributed by atoms with van der Waals surface area (Å²) in [5.74, 6) is 0. The van der Waals surface area contributed by atoms with E-state index in [-0.39, 0.29) is 4.40 Å². The second-order valence-electron chi connectivity index (χ2n) is 3.31. The molecule has 104 valence electrons. The number of alkyl halides is 6. The maximum Gasteiger partial charge on any atom is 0.434 e. The van der Waals surface area contributed by atoms with E-state index in [0.29, 0.717) is 16.7 Å². The van der Waals surface area contributed by atoms with Crippen LogP contribution in [0.2, 0.25) is 0 Å². The van der Waals surface area contributed by atoms with Gasteiger partial charge in [0.1, 0.15) is 10.2 Å². The minimum Gasteiger partial charge on any atom is -0.268 e. The van der Waals surface area contributed by atoms with Crippen LogP contribution in [0.3, 0.4) is 0 Å². The highest BCUT2D eigenvalue weighted by molar-refractivity contribution is 9.10. The fourth-order valence-electron chi connectivity index (χ4n) is 1.32. The molecule has 19 heavy (non-hydrogen) atoms. The molecule has 2 aromatic heterocycles. The third-order valence-corrected chi connectivity index (χ3v) is 3.61. The Balaban J connectivity index is 2.88. The zero-order valence-corrected chi connectivity index (χ0v) is 10.8. The Kier molecular flexibility index (Phi) is 3.16. The highest BCUT2D eigenvalue weighted by Gasteiger charge is 2.40. The number of hydrogen-bond donors (Lipinski definition) is 0. The van der Waals surface area contributed by atoms with Crippen molar-refractivity contribution in [3.05, 3.63) is 31.6 Å². The lowest BCUT2D eigenvalue weighted by Gasteiger charge is -2.09. The Hall–Kier alpha value is -1.10. The second-order valence-corrected chi connectivity index (χ2v) is 4.94. The zero-order chi connectivity index (χ0) is 14.6. The summed E-state index contributed by atoms with van der Waals surface area (Å²) in [4.78, 5) is 14.0. The standard InChI is InChI=1S/C8HBrF6N2OS/c9-3-4(8(13,14)15)16-6-17(5(3)18)2(1-19-6)7(10,11)12/h1H. The van der Waals surface area contributed by atoms with Crippen LogP contribution in [0.5, 0.6) is 0 Å². The van der Waals surface area contributed by atoms with Crippen molar-refractivity contribution in [3.63, 3.8) is 0 Å². The topological polar surface area (TPSA) is 34.4 Å². The fourth-order valence-corrected chi connectivity index (χ4v) is 2.69. The Morgan fingerprint density at radius 3 is 2.21 bits per heavy atom. The van der Waals surface area contributed by atoms with Crippen molar-refractivity contribution in [3.8, 4) is 0 Å². The summed E-state index contributed by atoms with van der Waals surface area (Å²) in [6.45, 7) is 0. The second kappa shape index (κ2) is 4.20. The molecule has 0 aliphatic carbocycles. The van der Waals surface area contributed by atoms with Gasteiger partial charge in [0.05, 0.1) is 0 Å². The van der Waals surface area contributed by atoms with Crippen molar-refractivity contribution in [2.75, 3.05) is 0 Å². The van der Waals surface area contributed by atoms with Crippen LogP contribution in [0.4, 0.5) is 26.3 Å². The molecule has 0 bridgehead atoms. The summed E-state index contributed by atoms with van der Waals surface area (Å²) in [6, 6.07) is 0. The molecule has 2 heterocycles. The molecule has 0 radical (unpaired) electrons. The molecule has 0 unspecified atom stereocenters. The van der Waals surface area contributed by atoms with Crippen LogP contribution in [-0.4, -0.2) is 9.38 Å². The van der Waals surface area contributed by atoms with Crippen molar-refractivity contribution in [1.82, 2.24) is 9.38 Å². The van der Waals surface area contributed by atoms with Gasteiger partial charge in [0, 0.05) is 5.38 Å². The molecule has 0 aliphatic rings. The number of aromatic nitrogens is 2. The molecular formula is C8HBrF6N2OS. The molecule has 0 N–H and O–H groups in total. The van der Waals surface area contributed by atoms with E-state index in [0.717, 1.165) is 0 Å². The first kappa shape index (κ1) is 14.3. The van der Waals surface area contributed by atoms with E-state index in [1.165, 1.54) is 0 Å². The Labute approximate surface area is 112 Å². The third kappa shape index (κ3) is 2.36. The smallest absolute Gasteiger partial charge is 0.268 e. The van der Waals surface area contributed by atoms with Crippen molar-refractivity contribution in [2.24, 2.45) is 0 Å². The first-order chi connectivity index (χ1) is 8.53. The van der Waals surface area contributed by atoms with Crippen LogP contribution in [0.15, 0.2) is 14.6 Å². The zero-order valence-electron chi connectivity index (χ0n) is 8.43. The van der Waals surface area contributed by atoms with Crippen LogP contribution in [0.1, 0.15) is 11.4 Å². The number of hydrogen-bond acceptors (Lipinski definition) is 3. The van der Waals surface area contributed by atoms with Gasteiger partial charge < -0.3 is 0 Å². The van der Waals surface area contributed by atoms with E-state index in [9.17, 15) is 31.1 Å². The molecule has 0 spiro atoms. The monoisotopic (exact) mass is 366 g/mol. The lowest BCUT2D eigenvalue weighted by atomic mass is 10.4. The molecule has 2 aromatic rings. The van der Waals surface area contributed by atoms with E-state index < -0.39 is 38.7 Å². The number of thiazole rings is 1. The van der Waals surface area contributed by atoms with E-state index >= 15 is 0 Å². The van der Waals surface area contributed by atoms with E-state index in [4.69, 9.17) is 0 Å². The lowest BCUT2D eigenvalue weighted by molar-refractivity contribution is -0.142. The predicted octanol–water partition coefficient (Wildman–Crippen LogP) is 3.56. The fraction of sp³-hybridized carbons (Fsp3) is 0.250. The molecule has 2 rings (SSSR count). The molecule has 0 aliphatic heterocycles. The maximum atomic E-state index is 12.6. The van der Waals surface area contributed by atoms with E-state index in [1.54, 1.807) is 0 Å². The van der Waals surface area contributed by atoms with Crippen LogP contribution in [0.25, 0.3) is 4.96 Å². The van der Waals surface area contributed by atoms with Gasteiger partial charge in [0.25, 0.3) is 5.56 Å². The molecule has 0 saturated carbocycles. The van der Waals surface area contributed by atoms with Gasteiger partial charge in [-0.2, -0.15) is 26.3 Å². The largest absolute Gasteiger partial charge is 0.434 e. The average Bonchev–Trinajstić information content (AvgIpc) is 2.64. The summed E-state index contributed by atoms with van der Waals surface area (Å²) in [7, 11) is 0. The molecular weight excluding hydrogens is 366 g/mol. The predicted molar refractivity (Wildman–Crippen MR) is 57.0 cm³/mol. The van der Waals surface area contributed by atoms with Crippen LogP contribution in [0, 0.1) is 0 Å². The number of halogens is 7. The first-order valence-electron chi connectivity index (χ1n) is 4.37. The van der Waals surface area contributed by atoms with Gasteiger partial charge in [-0.05, 0) is 15.9 Å². The Morgan fingerprint density at radius 2 is 1.74 bits per heavy atom. The van der Waals surface area contributed by atoms with Gasteiger partial charge in [-0.25, -0.2) is 9.38 Å². The highest BCUT2D eigenvalue weighted by atomic mass is 79.9. The summed E-state index contributed by atoms with van der Waals surface area (Å²) >= 11 is 2.65. The van der Waals surface area contributed by atoms with Gasteiger partial charge in [-0.15, -0.1) is 11.3 Å². The minimum atomic E-state index is -4.94. The van der Waals surface area contributed by atoms with Crippen LogP contribution >= 0.6 is 27.3 Å². The van der Waals surface area contributed by atoms with Crippen LogP contribution < -0.4 is 5.56 Å². The maximum absolute atomic E-state index is 12.6. The van der Waals surface area contributed by atoms with Crippen molar-refractivity contribution in [1.29, 1.82) is 0 Å². The lowest BCUT2D eigenvalue weighted by Crippen LogP contribution is -2.25. The summed E-state index contributed by atoms with van der Waals surface area (Å²) < 4.78 is 74.4. The van der Waals surface area contributed by atoms with Gasteiger partial charge >= 0.3 is 12.4 Å². The van der Waals surface area contributed by atoms with E-state index in [1.807, 2.05) is 0 Å². The van der Waals surface area contributed by atoms with Gasteiger partial charge in [0.2, 0.25) is 0 Å². The van der Waals surface area contributed by atoms with E-state index in [2.05, 4.69) is 20.9 Å². The highest BCUT2D eigenvalue weighted by Crippen LogP contribution is 2.35. The Bertz CT molecular complexity index is 700. The summed E-state index contributed by atoms with van der Waals surface area (Å²) in [5.41, 5.74) is -4.36. The molecule has 0 fully saturated rings. The summed E-state index contributed by atoms with van der Waals surface area (Å²) in [5, 5.41) is 0.538. The SMILES string of the molecule is O=c1c(Br)c(C(F)(F)F)nc2scc(C(F)(F)F)n12. The first-order valence-corrected chi connectivity index (χ1v) is 6.05. The quantitative estimate of drug-likeness (QED) is 0.668. The molecule has 0 amide bonds.